The summed E-state index contributed by atoms with van der Waals surface area (Å²) in [6.45, 7) is 0.755. The van der Waals surface area contributed by atoms with Gasteiger partial charge >= 0.3 is 0 Å². The van der Waals surface area contributed by atoms with E-state index in [0.29, 0.717) is 6.42 Å². The summed E-state index contributed by atoms with van der Waals surface area (Å²) in [5.41, 5.74) is 2.37. The van der Waals surface area contributed by atoms with Crippen molar-refractivity contribution in [1.29, 1.82) is 0 Å². The highest BCUT2D eigenvalue weighted by Crippen LogP contribution is 2.09. The predicted molar refractivity (Wildman–Crippen MR) is 53.8 cm³/mol. The van der Waals surface area contributed by atoms with Crippen LogP contribution in [0.5, 0.6) is 0 Å². The number of para-hydroxylation sites is 2. The molecule has 1 aromatic carbocycles. The van der Waals surface area contributed by atoms with Crippen molar-refractivity contribution >= 4 is 17.3 Å². The van der Waals surface area contributed by atoms with Crippen molar-refractivity contribution in [1.82, 2.24) is 4.57 Å². The Labute approximate surface area is 82.6 Å². The molecule has 3 nitrogen and oxygen atoms in total. The van der Waals surface area contributed by atoms with Crippen molar-refractivity contribution in [2.24, 2.45) is 7.05 Å². The number of nitrogens with zero attached hydrogens (tertiary/aromatic N) is 2. The Morgan fingerprint density at radius 1 is 1.43 bits per heavy atom. The summed E-state index contributed by atoms with van der Waals surface area (Å²) in [6.07, 6.45) is 3.54. The first-order chi connectivity index (χ1) is 6.83. The van der Waals surface area contributed by atoms with E-state index in [2.05, 4.69) is 21.3 Å². The Balaban J connectivity index is 2.49. The minimum atomic E-state index is 0.568. The Kier molecular flexibility index (Phi) is 2.31. The van der Waals surface area contributed by atoms with Crippen LogP contribution in [-0.2, 0) is 18.4 Å². The van der Waals surface area contributed by atoms with Crippen molar-refractivity contribution in [3.05, 3.63) is 30.6 Å². The van der Waals surface area contributed by atoms with E-state index in [4.69, 9.17) is 0 Å². The Bertz CT molecular complexity index is 459. The van der Waals surface area contributed by atoms with E-state index in [9.17, 15) is 4.79 Å². The SMILES string of the molecule is C[n+]1cn(CCC=O)c2ccccc21. The molecule has 0 aliphatic carbocycles. The smallest absolute Gasteiger partial charge is 0.244 e. The van der Waals surface area contributed by atoms with Gasteiger partial charge in [-0.25, -0.2) is 9.13 Å². The lowest BCUT2D eigenvalue weighted by Crippen LogP contribution is -2.25. The van der Waals surface area contributed by atoms with Crippen LogP contribution in [0.15, 0.2) is 30.6 Å². The lowest BCUT2D eigenvalue weighted by atomic mass is 10.3. The fraction of sp³-hybridized carbons (Fsp3) is 0.273. The number of imidazole rings is 1. The van der Waals surface area contributed by atoms with Gasteiger partial charge in [0.15, 0.2) is 11.0 Å². The van der Waals surface area contributed by atoms with E-state index >= 15 is 0 Å². The third-order valence-electron chi connectivity index (χ3n) is 2.37. The van der Waals surface area contributed by atoms with Crippen LogP contribution in [0.25, 0.3) is 11.0 Å². The largest absolute Gasteiger partial charge is 0.303 e. The Morgan fingerprint density at radius 3 is 3.00 bits per heavy atom. The lowest BCUT2D eigenvalue weighted by Gasteiger charge is -1.91. The van der Waals surface area contributed by atoms with Gasteiger partial charge in [-0.2, -0.15) is 0 Å². The van der Waals surface area contributed by atoms with Crippen molar-refractivity contribution < 1.29 is 9.36 Å². The highest BCUT2D eigenvalue weighted by atomic mass is 16.1. The molecule has 0 saturated heterocycles. The summed E-state index contributed by atoms with van der Waals surface area (Å²) in [7, 11) is 2.01. The molecule has 0 N–H and O–H groups in total. The number of carbonyl (C=O) groups excluding carboxylic acids is 1. The molecule has 0 saturated carbocycles. The third kappa shape index (κ3) is 1.41. The quantitative estimate of drug-likeness (QED) is 0.523. The number of carbonyl (C=O) groups is 1. The molecule has 0 radical (unpaired) electrons. The van der Waals surface area contributed by atoms with Crippen LogP contribution >= 0.6 is 0 Å². The first-order valence-electron chi connectivity index (χ1n) is 4.70. The maximum atomic E-state index is 10.3. The van der Waals surface area contributed by atoms with Crippen molar-refractivity contribution in [3.8, 4) is 0 Å². The third-order valence-corrected chi connectivity index (χ3v) is 2.37. The second-order valence-corrected chi connectivity index (χ2v) is 3.36. The second-order valence-electron chi connectivity index (χ2n) is 3.36. The Hall–Kier alpha value is -1.64. The summed E-state index contributed by atoms with van der Waals surface area (Å²) in [6, 6.07) is 8.18. The fourth-order valence-electron chi connectivity index (χ4n) is 1.71. The first-order valence-corrected chi connectivity index (χ1v) is 4.70. The van der Waals surface area contributed by atoms with Crippen LogP contribution in [-0.4, -0.2) is 10.9 Å². The van der Waals surface area contributed by atoms with Gasteiger partial charge in [0.05, 0.1) is 13.6 Å². The number of fused-ring (bicyclic) bond motifs is 1. The lowest BCUT2D eigenvalue weighted by molar-refractivity contribution is -0.645. The van der Waals surface area contributed by atoms with Crippen LogP contribution in [0.1, 0.15) is 6.42 Å². The minimum absolute atomic E-state index is 0.568. The Morgan fingerprint density at radius 2 is 2.21 bits per heavy atom. The minimum Gasteiger partial charge on any atom is -0.303 e. The van der Waals surface area contributed by atoms with E-state index in [1.165, 1.54) is 11.0 Å². The standard InChI is InChI=1S/C11H13N2O/c1-12-9-13(7-4-8-14)11-6-3-2-5-10(11)12/h2-3,5-6,8-9H,4,7H2,1H3/q+1. The average molecular weight is 189 g/mol. The molecule has 2 rings (SSSR count). The molecule has 0 atom stereocenters. The van der Waals surface area contributed by atoms with Crippen molar-refractivity contribution in [2.45, 2.75) is 13.0 Å². The van der Waals surface area contributed by atoms with E-state index in [1.54, 1.807) is 0 Å². The summed E-state index contributed by atoms with van der Waals surface area (Å²) in [5, 5.41) is 0. The van der Waals surface area contributed by atoms with Gasteiger partial charge in [-0.1, -0.05) is 12.1 Å². The molecular formula is C11H13N2O+. The molecular weight excluding hydrogens is 176 g/mol. The molecule has 1 aromatic heterocycles. The second kappa shape index (κ2) is 3.62. The van der Waals surface area contributed by atoms with Crippen LogP contribution < -0.4 is 4.57 Å². The van der Waals surface area contributed by atoms with Gasteiger partial charge in [-0.3, -0.25) is 0 Å². The van der Waals surface area contributed by atoms with E-state index in [0.717, 1.165) is 12.8 Å². The number of hydrogen-bond acceptors (Lipinski definition) is 1. The zero-order valence-electron chi connectivity index (χ0n) is 8.18. The van der Waals surface area contributed by atoms with E-state index in [1.807, 2.05) is 25.5 Å². The maximum Gasteiger partial charge on any atom is 0.244 e. The number of rotatable bonds is 3. The topological polar surface area (TPSA) is 25.9 Å². The van der Waals surface area contributed by atoms with Crippen molar-refractivity contribution in [2.75, 3.05) is 0 Å². The van der Waals surface area contributed by atoms with E-state index in [-0.39, 0.29) is 0 Å². The number of aromatic nitrogens is 2. The van der Waals surface area contributed by atoms with Crippen molar-refractivity contribution in [3.63, 3.8) is 0 Å². The first kappa shape index (κ1) is 8.94. The van der Waals surface area contributed by atoms with Crippen LogP contribution in [0.4, 0.5) is 0 Å². The van der Waals surface area contributed by atoms with Gasteiger partial charge in [0, 0.05) is 6.42 Å². The van der Waals surface area contributed by atoms with Gasteiger partial charge in [0.2, 0.25) is 6.33 Å². The molecule has 72 valence electrons. The number of hydrogen-bond donors (Lipinski definition) is 0. The van der Waals surface area contributed by atoms with Gasteiger partial charge in [0.25, 0.3) is 0 Å². The highest BCUT2D eigenvalue weighted by molar-refractivity contribution is 5.71. The zero-order valence-corrected chi connectivity index (χ0v) is 8.18. The molecule has 2 aromatic rings. The molecule has 0 unspecified atom stereocenters. The molecule has 0 bridgehead atoms. The van der Waals surface area contributed by atoms with Crippen LogP contribution in [0, 0.1) is 0 Å². The zero-order chi connectivity index (χ0) is 9.97. The number of aryl methyl sites for hydroxylation is 2. The molecule has 14 heavy (non-hydrogen) atoms. The molecule has 3 heteroatoms. The predicted octanol–water partition coefficient (Wildman–Crippen LogP) is 1.05. The molecule has 0 amide bonds. The molecule has 0 aliphatic rings. The fourth-order valence-corrected chi connectivity index (χ4v) is 1.71. The van der Waals surface area contributed by atoms with Crippen LogP contribution in [0.2, 0.25) is 0 Å². The van der Waals surface area contributed by atoms with Gasteiger partial charge in [-0.15, -0.1) is 0 Å². The summed E-state index contributed by atoms with van der Waals surface area (Å²) in [5.74, 6) is 0. The molecule has 1 heterocycles. The average Bonchev–Trinajstić information content (AvgIpc) is 2.54. The monoisotopic (exact) mass is 189 g/mol. The number of benzene rings is 1. The summed E-state index contributed by atoms with van der Waals surface area (Å²) in [4.78, 5) is 10.3. The van der Waals surface area contributed by atoms with Gasteiger partial charge < -0.3 is 4.79 Å². The summed E-state index contributed by atoms with van der Waals surface area (Å²) < 4.78 is 4.17. The van der Waals surface area contributed by atoms with E-state index < -0.39 is 0 Å². The van der Waals surface area contributed by atoms with Gasteiger partial charge in [-0.05, 0) is 12.1 Å². The highest BCUT2D eigenvalue weighted by Gasteiger charge is 2.10. The molecule has 0 spiro atoms. The normalized spacial score (nSPS) is 10.6. The molecule has 0 aliphatic heterocycles. The van der Waals surface area contributed by atoms with Crippen LogP contribution in [0.3, 0.4) is 0 Å². The number of aldehydes is 1. The summed E-state index contributed by atoms with van der Waals surface area (Å²) >= 11 is 0. The maximum absolute atomic E-state index is 10.3. The van der Waals surface area contributed by atoms with Gasteiger partial charge in [0.1, 0.15) is 6.29 Å². The molecule has 0 fully saturated rings.